The Kier molecular flexibility index (Phi) is 2.82. The molecule has 78 valence electrons. The molecule has 0 atom stereocenters. The standard InChI is InChI=1S/C7H8O6S/c1-12-7-5(8)3-2-4-6(7)13-14(9,10)11/h2-4,8H,1H3,(H,9,10,11)/p-1. The minimum atomic E-state index is -4.87. The van der Waals surface area contributed by atoms with E-state index >= 15 is 0 Å². The molecule has 0 aromatic heterocycles. The Morgan fingerprint density at radius 2 is 2.07 bits per heavy atom. The lowest BCUT2D eigenvalue weighted by atomic mass is 10.3. The molecular weight excluding hydrogens is 212 g/mol. The van der Waals surface area contributed by atoms with Crippen LogP contribution >= 0.6 is 0 Å². The second-order valence-corrected chi connectivity index (χ2v) is 3.28. The number of rotatable bonds is 3. The zero-order valence-corrected chi connectivity index (χ0v) is 7.95. The minimum absolute atomic E-state index is 0.202. The highest BCUT2D eigenvalue weighted by atomic mass is 32.3. The highest BCUT2D eigenvalue weighted by Gasteiger charge is 2.11. The zero-order valence-electron chi connectivity index (χ0n) is 7.13. The first-order valence-electron chi connectivity index (χ1n) is 3.45. The van der Waals surface area contributed by atoms with Gasteiger partial charge in [0.25, 0.3) is 10.4 Å². The lowest BCUT2D eigenvalue weighted by molar-refractivity contribution is 0.337. The van der Waals surface area contributed by atoms with Gasteiger partial charge in [0.2, 0.25) is 5.75 Å². The molecule has 0 saturated heterocycles. The monoisotopic (exact) mass is 219 g/mol. The first kappa shape index (κ1) is 10.6. The van der Waals surface area contributed by atoms with Crippen molar-refractivity contribution in [2.75, 3.05) is 7.11 Å². The first-order chi connectivity index (χ1) is 6.44. The van der Waals surface area contributed by atoms with Crippen LogP contribution < -0.4 is 8.92 Å². The topological polar surface area (TPSA) is 95.9 Å². The van der Waals surface area contributed by atoms with Crippen molar-refractivity contribution >= 4 is 10.4 Å². The number of hydrogen-bond acceptors (Lipinski definition) is 6. The molecule has 0 saturated carbocycles. The molecule has 0 aliphatic heterocycles. The van der Waals surface area contributed by atoms with Gasteiger partial charge in [0.15, 0.2) is 11.5 Å². The molecule has 0 unspecified atom stereocenters. The van der Waals surface area contributed by atoms with Crippen molar-refractivity contribution in [1.82, 2.24) is 0 Å². The largest absolute Gasteiger partial charge is 0.716 e. The van der Waals surface area contributed by atoms with E-state index in [0.717, 1.165) is 0 Å². The molecule has 0 heterocycles. The van der Waals surface area contributed by atoms with E-state index in [0.29, 0.717) is 0 Å². The molecule has 0 fully saturated rings. The fourth-order valence-electron chi connectivity index (χ4n) is 0.885. The van der Waals surface area contributed by atoms with Crippen LogP contribution in [0.2, 0.25) is 0 Å². The van der Waals surface area contributed by atoms with Gasteiger partial charge in [-0.3, -0.25) is 0 Å². The highest BCUT2D eigenvalue weighted by molar-refractivity contribution is 7.81. The summed E-state index contributed by atoms with van der Waals surface area (Å²) < 4.78 is 39.5. The molecule has 1 aromatic rings. The second-order valence-electron chi connectivity index (χ2n) is 2.30. The van der Waals surface area contributed by atoms with E-state index < -0.39 is 10.4 Å². The van der Waals surface area contributed by atoms with Gasteiger partial charge in [-0.1, -0.05) is 6.07 Å². The molecule has 0 spiro atoms. The summed E-state index contributed by atoms with van der Waals surface area (Å²) in [5.74, 6) is -0.858. The summed E-state index contributed by atoms with van der Waals surface area (Å²) in [4.78, 5) is 0. The van der Waals surface area contributed by atoms with E-state index in [1.54, 1.807) is 0 Å². The summed E-state index contributed by atoms with van der Waals surface area (Å²) in [7, 11) is -3.66. The van der Waals surface area contributed by atoms with Crippen LogP contribution in [0.15, 0.2) is 18.2 Å². The molecule has 0 bridgehead atoms. The summed E-state index contributed by atoms with van der Waals surface area (Å²) in [5, 5.41) is 9.19. The average Bonchev–Trinajstić information content (AvgIpc) is 2.01. The molecule has 0 radical (unpaired) electrons. The molecule has 1 aromatic carbocycles. The third kappa shape index (κ3) is 2.51. The van der Waals surface area contributed by atoms with Crippen LogP contribution in [0.3, 0.4) is 0 Å². The van der Waals surface area contributed by atoms with Crippen molar-refractivity contribution in [1.29, 1.82) is 0 Å². The smallest absolute Gasteiger partial charge is 0.262 e. The Hall–Kier alpha value is -1.47. The summed E-state index contributed by atoms with van der Waals surface area (Å²) in [6.07, 6.45) is 0. The maximum absolute atomic E-state index is 10.3. The van der Waals surface area contributed by atoms with Crippen LogP contribution in [0.4, 0.5) is 0 Å². The fraction of sp³-hybridized carbons (Fsp3) is 0.143. The molecule has 14 heavy (non-hydrogen) atoms. The number of benzene rings is 1. The molecule has 0 aliphatic rings. The summed E-state index contributed by atoms with van der Waals surface area (Å²) in [5.41, 5.74) is 0. The van der Waals surface area contributed by atoms with Crippen LogP contribution in [0.25, 0.3) is 0 Å². The Morgan fingerprint density at radius 3 is 2.57 bits per heavy atom. The lowest BCUT2D eigenvalue weighted by Crippen LogP contribution is -2.07. The van der Waals surface area contributed by atoms with Gasteiger partial charge in [-0.15, -0.1) is 0 Å². The molecule has 7 heteroatoms. The van der Waals surface area contributed by atoms with Gasteiger partial charge in [0.05, 0.1) is 7.11 Å². The first-order valence-corrected chi connectivity index (χ1v) is 4.78. The second kappa shape index (κ2) is 3.72. The maximum atomic E-state index is 10.3. The van der Waals surface area contributed by atoms with Crippen molar-refractivity contribution < 1.29 is 27.0 Å². The number of aromatic hydroxyl groups is 1. The molecular formula is C7H7O6S-. The summed E-state index contributed by atoms with van der Waals surface area (Å²) in [6, 6.07) is 3.77. The maximum Gasteiger partial charge on any atom is 0.262 e. The van der Waals surface area contributed by atoms with Gasteiger partial charge in [-0.25, -0.2) is 8.42 Å². The predicted octanol–water partition coefficient (Wildman–Crippen LogP) is 0.240. The van der Waals surface area contributed by atoms with Crippen LogP contribution in [0.1, 0.15) is 0 Å². The van der Waals surface area contributed by atoms with Gasteiger partial charge in [-0.2, -0.15) is 0 Å². The highest BCUT2D eigenvalue weighted by Crippen LogP contribution is 2.36. The lowest BCUT2D eigenvalue weighted by Gasteiger charge is -2.12. The van der Waals surface area contributed by atoms with Crippen LogP contribution in [0, 0.1) is 0 Å². The molecule has 0 aliphatic carbocycles. The van der Waals surface area contributed by atoms with Crippen molar-refractivity contribution in [3.05, 3.63) is 18.2 Å². The molecule has 6 nitrogen and oxygen atoms in total. The molecule has 0 amide bonds. The van der Waals surface area contributed by atoms with Crippen molar-refractivity contribution in [3.8, 4) is 17.2 Å². The van der Waals surface area contributed by atoms with Gasteiger partial charge >= 0.3 is 0 Å². The van der Waals surface area contributed by atoms with E-state index in [1.165, 1.54) is 25.3 Å². The van der Waals surface area contributed by atoms with Crippen molar-refractivity contribution in [3.63, 3.8) is 0 Å². The van der Waals surface area contributed by atoms with E-state index in [9.17, 15) is 18.1 Å². The third-order valence-corrected chi connectivity index (χ3v) is 1.74. The number of methoxy groups -OCH3 is 1. The fourth-order valence-corrected chi connectivity index (χ4v) is 1.24. The van der Waals surface area contributed by atoms with Gasteiger partial charge < -0.3 is 18.6 Å². The number of phenols is 1. The van der Waals surface area contributed by atoms with E-state index in [1.807, 2.05) is 0 Å². The number of ether oxygens (including phenoxy) is 1. The van der Waals surface area contributed by atoms with Gasteiger partial charge in [-0.05, 0) is 12.1 Å². The number of para-hydroxylation sites is 1. The minimum Gasteiger partial charge on any atom is -0.716 e. The Labute approximate surface area is 80.7 Å². The van der Waals surface area contributed by atoms with E-state index in [2.05, 4.69) is 8.92 Å². The number of phenolic OH excluding ortho intramolecular Hbond substituents is 1. The predicted molar refractivity (Wildman–Crippen MR) is 45.0 cm³/mol. The number of hydrogen-bond donors (Lipinski definition) is 1. The zero-order chi connectivity index (χ0) is 10.8. The van der Waals surface area contributed by atoms with E-state index in [-0.39, 0.29) is 17.2 Å². The third-order valence-electron chi connectivity index (χ3n) is 1.35. The average molecular weight is 219 g/mol. The quantitative estimate of drug-likeness (QED) is 0.577. The van der Waals surface area contributed by atoms with Crippen LogP contribution in [-0.4, -0.2) is 25.2 Å². The Balaban J connectivity index is 3.15. The van der Waals surface area contributed by atoms with Gasteiger partial charge in [0.1, 0.15) is 0 Å². The van der Waals surface area contributed by atoms with Crippen molar-refractivity contribution in [2.24, 2.45) is 0 Å². The summed E-state index contributed by atoms with van der Waals surface area (Å²) >= 11 is 0. The summed E-state index contributed by atoms with van der Waals surface area (Å²) in [6.45, 7) is 0. The van der Waals surface area contributed by atoms with Crippen molar-refractivity contribution in [2.45, 2.75) is 0 Å². The Bertz CT molecular complexity index is 424. The normalized spacial score (nSPS) is 11.0. The van der Waals surface area contributed by atoms with E-state index in [4.69, 9.17) is 0 Å². The van der Waals surface area contributed by atoms with Crippen LogP contribution in [-0.2, 0) is 10.4 Å². The SMILES string of the molecule is COc1c(O)cccc1OS(=O)(=O)[O-]. The molecule has 1 N–H and O–H groups in total. The molecule has 1 rings (SSSR count). The Morgan fingerprint density at radius 1 is 1.43 bits per heavy atom. The van der Waals surface area contributed by atoms with Crippen LogP contribution in [0.5, 0.6) is 17.2 Å². The van der Waals surface area contributed by atoms with Gasteiger partial charge in [0, 0.05) is 0 Å².